The van der Waals surface area contributed by atoms with E-state index in [0.29, 0.717) is 6.54 Å². The van der Waals surface area contributed by atoms with Crippen LogP contribution in [-0.4, -0.2) is 36.9 Å². The predicted molar refractivity (Wildman–Crippen MR) is 75.1 cm³/mol. The van der Waals surface area contributed by atoms with Gasteiger partial charge in [-0.1, -0.05) is 13.8 Å². The minimum atomic E-state index is -3.74. The van der Waals surface area contributed by atoms with Crippen molar-refractivity contribution in [2.75, 3.05) is 13.1 Å². The van der Waals surface area contributed by atoms with E-state index in [-0.39, 0.29) is 28.7 Å². The number of nitriles is 1. The molecule has 0 aromatic carbocycles. The molecule has 0 spiro atoms. The van der Waals surface area contributed by atoms with Crippen LogP contribution in [0.1, 0.15) is 30.6 Å². The molecule has 110 valence electrons. The molecule has 6 nitrogen and oxygen atoms in total. The zero-order chi connectivity index (χ0) is 15.3. The number of hydrogen-bond acceptors (Lipinski definition) is 5. The van der Waals surface area contributed by atoms with E-state index in [9.17, 15) is 13.2 Å². The Hall–Kier alpha value is -1.43. The Bertz CT molecular complexity index is 614. The summed E-state index contributed by atoms with van der Waals surface area (Å²) in [6.07, 6.45) is 0.100. The molecule has 1 aromatic heterocycles. The van der Waals surface area contributed by atoms with E-state index in [1.807, 2.05) is 19.9 Å². The summed E-state index contributed by atoms with van der Waals surface area (Å²) >= 11 is 0.880. The van der Waals surface area contributed by atoms with Gasteiger partial charge in [-0.05, 0) is 12.0 Å². The Labute approximate surface area is 122 Å². The molecule has 0 radical (unpaired) electrons. The second-order valence-corrected chi connectivity index (χ2v) is 7.70. The summed E-state index contributed by atoms with van der Waals surface area (Å²) in [5.74, 6) is -1.04. The zero-order valence-electron chi connectivity index (χ0n) is 11.2. The maximum atomic E-state index is 12.4. The maximum Gasteiger partial charge on any atom is 0.336 e. The monoisotopic (exact) mass is 316 g/mol. The van der Waals surface area contributed by atoms with Crippen molar-refractivity contribution in [2.45, 2.75) is 24.5 Å². The molecule has 1 N–H and O–H groups in total. The molecule has 0 bridgehead atoms. The first-order chi connectivity index (χ1) is 9.28. The van der Waals surface area contributed by atoms with Crippen molar-refractivity contribution in [3.8, 4) is 6.07 Å². The van der Waals surface area contributed by atoms with Crippen molar-refractivity contribution in [1.82, 2.24) is 4.31 Å². The van der Waals surface area contributed by atoms with E-state index >= 15 is 0 Å². The summed E-state index contributed by atoms with van der Waals surface area (Å²) in [5.41, 5.74) is -0.0432. The van der Waals surface area contributed by atoms with Crippen LogP contribution >= 0.6 is 11.3 Å². The zero-order valence-corrected chi connectivity index (χ0v) is 12.9. The van der Waals surface area contributed by atoms with Crippen molar-refractivity contribution in [1.29, 1.82) is 5.26 Å². The SMILES string of the molecule is CC(C)CN(CCC#N)S(=O)(=O)c1cc(C(=O)O)cs1. The highest BCUT2D eigenvalue weighted by molar-refractivity contribution is 7.91. The molecule has 0 aliphatic rings. The Balaban J connectivity index is 3.07. The van der Waals surface area contributed by atoms with Crippen LogP contribution in [0.5, 0.6) is 0 Å². The van der Waals surface area contributed by atoms with Gasteiger partial charge in [0.1, 0.15) is 4.21 Å². The van der Waals surface area contributed by atoms with Gasteiger partial charge in [0.05, 0.1) is 11.6 Å². The Kier molecular flexibility index (Phi) is 5.68. The van der Waals surface area contributed by atoms with Crippen LogP contribution in [0.4, 0.5) is 0 Å². The van der Waals surface area contributed by atoms with Gasteiger partial charge < -0.3 is 5.11 Å². The molecule has 0 saturated carbocycles. The van der Waals surface area contributed by atoms with Gasteiger partial charge in [0.2, 0.25) is 0 Å². The highest BCUT2D eigenvalue weighted by atomic mass is 32.2. The van der Waals surface area contributed by atoms with Gasteiger partial charge in [0.15, 0.2) is 0 Å². The summed E-state index contributed by atoms with van der Waals surface area (Å²) in [5, 5.41) is 18.8. The lowest BCUT2D eigenvalue weighted by atomic mass is 10.2. The summed E-state index contributed by atoms with van der Waals surface area (Å²) < 4.78 is 26.1. The first kappa shape index (κ1) is 16.6. The van der Waals surface area contributed by atoms with E-state index < -0.39 is 16.0 Å². The van der Waals surface area contributed by atoms with Gasteiger partial charge in [-0.2, -0.15) is 9.57 Å². The predicted octanol–water partition coefficient (Wildman–Crippen LogP) is 2.01. The molecule has 8 heteroatoms. The number of carboxylic acids is 1. The highest BCUT2D eigenvalue weighted by Gasteiger charge is 2.27. The summed E-state index contributed by atoms with van der Waals surface area (Å²) in [6, 6.07) is 3.08. The van der Waals surface area contributed by atoms with Gasteiger partial charge in [-0.3, -0.25) is 0 Å². The van der Waals surface area contributed by atoms with Crippen LogP contribution in [-0.2, 0) is 10.0 Å². The molecule has 20 heavy (non-hydrogen) atoms. The van der Waals surface area contributed by atoms with Gasteiger partial charge in [0.25, 0.3) is 10.0 Å². The van der Waals surface area contributed by atoms with Crippen molar-refractivity contribution in [3.63, 3.8) is 0 Å². The fraction of sp³-hybridized carbons (Fsp3) is 0.500. The van der Waals surface area contributed by atoms with E-state index in [1.54, 1.807) is 0 Å². The molecule has 0 unspecified atom stereocenters. The standard InChI is InChI=1S/C12H16N2O4S2/c1-9(2)7-14(5-3-4-13)20(17,18)11-6-10(8-19-11)12(15)16/h6,8-9H,3,5,7H2,1-2H3,(H,15,16). The third-order valence-electron chi connectivity index (χ3n) is 2.46. The lowest BCUT2D eigenvalue weighted by Gasteiger charge is -2.22. The molecule has 0 atom stereocenters. The third-order valence-corrected chi connectivity index (χ3v) is 5.74. The Morgan fingerprint density at radius 2 is 2.20 bits per heavy atom. The topological polar surface area (TPSA) is 98.5 Å². The van der Waals surface area contributed by atoms with Gasteiger partial charge >= 0.3 is 5.97 Å². The number of aromatic carboxylic acids is 1. The molecule has 0 aliphatic heterocycles. The fourth-order valence-corrected chi connectivity index (χ4v) is 4.49. The largest absolute Gasteiger partial charge is 0.478 e. The average molecular weight is 316 g/mol. The van der Waals surface area contributed by atoms with Crippen molar-refractivity contribution in [3.05, 3.63) is 17.0 Å². The van der Waals surface area contributed by atoms with Crippen LogP contribution in [0.2, 0.25) is 0 Å². The summed E-state index contributed by atoms with van der Waals surface area (Å²) in [7, 11) is -3.74. The lowest BCUT2D eigenvalue weighted by molar-refractivity contribution is 0.0697. The first-order valence-electron chi connectivity index (χ1n) is 5.98. The molecular weight excluding hydrogens is 300 g/mol. The molecule has 0 aliphatic carbocycles. The Morgan fingerprint density at radius 1 is 1.55 bits per heavy atom. The van der Waals surface area contributed by atoms with E-state index in [4.69, 9.17) is 10.4 Å². The number of rotatable bonds is 7. The smallest absolute Gasteiger partial charge is 0.336 e. The number of nitrogens with zero attached hydrogens (tertiary/aromatic N) is 2. The quantitative estimate of drug-likeness (QED) is 0.829. The normalized spacial score (nSPS) is 11.8. The third kappa shape index (κ3) is 4.03. The number of carboxylic acid groups (broad SMARTS) is 1. The van der Waals surface area contributed by atoms with Crippen LogP contribution in [0.15, 0.2) is 15.7 Å². The minimum absolute atomic E-state index is 0.00603. The van der Waals surface area contributed by atoms with Gasteiger partial charge in [-0.25, -0.2) is 13.2 Å². The van der Waals surface area contributed by atoms with Crippen LogP contribution in [0.3, 0.4) is 0 Å². The lowest BCUT2D eigenvalue weighted by Crippen LogP contribution is -2.34. The molecule has 1 heterocycles. The van der Waals surface area contributed by atoms with Gasteiger partial charge in [0, 0.05) is 24.9 Å². The number of carbonyl (C=O) groups is 1. The number of hydrogen-bond donors (Lipinski definition) is 1. The fourth-order valence-electron chi connectivity index (χ4n) is 1.58. The number of sulfonamides is 1. The highest BCUT2D eigenvalue weighted by Crippen LogP contribution is 2.24. The Morgan fingerprint density at radius 3 is 2.65 bits per heavy atom. The first-order valence-corrected chi connectivity index (χ1v) is 8.30. The minimum Gasteiger partial charge on any atom is -0.478 e. The molecule has 0 fully saturated rings. The molecule has 0 amide bonds. The molecule has 0 saturated heterocycles. The van der Waals surface area contributed by atoms with Crippen LogP contribution in [0.25, 0.3) is 0 Å². The van der Waals surface area contributed by atoms with Crippen molar-refractivity contribution >= 4 is 27.3 Å². The van der Waals surface area contributed by atoms with E-state index in [0.717, 1.165) is 17.4 Å². The van der Waals surface area contributed by atoms with E-state index in [2.05, 4.69) is 0 Å². The maximum absolute atomic E-state index is 12.4. The van der Waals surface area contributed by atoms with E-state index in [1.165, 1.54) is 9.69 Å². The van der Waals surface area contributed by atoms with Crippen LogP contribution < -0.4 is 0 Å². The van der Waals surface area contributed by atoms with Crippen molar-refractivity contribution in [2.24, 2.45) is 5.92 Å². The average Bonchev–Trinajstić information content (AvgIpc) is 2.84. The van der Waals surface area contributed by atoms with Crippen LogP contribution in [0, 0.1) is 17.2 Å². The summed E-state index contributed by atoms with van der Waals surface area (Å²) in [6.45, 7) is 4.17. The molecule has 1 aromatic rings. The molecular formula is C12H16N2O4S2. The second kappa shape index (κ2) is 6.83. The molecule has 1 rings (SSSR count). The number of thiophene rings is 1. The second-order valence-electron chi connectivity index (χ2n) is 4.62. The van der Waals surface area contributed by atoms with Crippen molar-refractivity contribution < 1.29 is 18.3 Å². The summed E-state index contributed by atoms with van der Waals surface area (Å²) in [4.78, 5) is 10.8. The van der Waals surface area contributed by atoms with Gasteiger partial charge in [-0.15, -0.1) is 11.3 Å².